The molecule has 0 aliphatic heterocycles. The fourth-order valence-electron chi connectivity index (χ4n) is 9.03. The first-order valence-corrected chi connectivity index (χ1v) is 22.3. The lowest BCUT2D eigenvalue weighted by atomic mass is 10.0. The van der Waals surface area contributed by atoms with Gasteiger partial charge in [-0.2, -0.15) is 0 Å². The summed E-state index contributed by atoms with van der Waals surface area (Å²) in [5, 5.41) is 8.93. The average molecular weight is 759 g/mol. The molecule has 0 saturated carbocycles. The maximum Gasteiger partial charge on any atom is 0.235 e. The predicted molar refractivity (Wildman–Crippen MR) is 245 cm³/mol. The quantitative estimate of drug-likeness (QED) is 0.120. The zero-order valence-electron chi connectivity index (χ0n) is 32.0. The van der Waals surface area contributed by atoms with Crippen LogP contribution in [-0.2, 0) is 0 Å². The van der Waals surface area contributed by atoms with Gasteiger partial charge >= 0.3 is 0 Å². The van der Waals surface area contributed by atoms with Crippen molar-refractivity contribution in [1.29, 1.82) is 0 Å². The molecule has 11 rings (SSSR count). The second kappa shape index (κ2) is 13.7. The summed E-state index contributed by atoms with van der Waals surface area (Å²) in [6, 6.07) is 74.6. The highest BCUT2D eigenvalue weighted by molar-refractivity contribution is 7.10. The number of hydrogen-bond acceptors (Lipinski definition) is 2. The number of hydrogen-bond donors (Lipinski definition) is 0. The van der Waals surface area contributed by atoms with E-state index in [4.69, 9.17) is 9.97 Å². The van der Waals surface area contributed by atoms with Gasteiger partial charge in [0.1, 0.15) is 8.07 Å². The van der Waals surface area contributed by atoms with Crippen molar-refractivity contribution in [2.45, 2.75) is 6.55 Å². The molecule has 0 atom stereocenters. The molecule has 0 saturated heterocycles. The van der Waals surface area contributed by atoms with E-state index < -0.39 is 8.07 Å². The van der Waals surface area contributed by atoms with Crippen molar-refractivity contribution in [3.8, 4) is 34.0 Å². The van der Waals surface area contributed by atoms with Crippen LogP contribution in [-0.4, -0.2) is 27.2 Å². The molecule has 0 aliphatic rings. The Balaban J connectivity index is 1.02. The van der Waals surface area contributed by atoms with Crippen LogP contribution < -0.4 is 15.6 Å². The molecule has 5 heteroatoms. The normalized spacial score (nSPS) is 11.9. The van der Waals surface area contributed by atoms with Crippen molar-refractivity contribution in [2.24, 2.45) is 0 Å². The average Bonchev–Trinajstić information content (AvgIpc) is 3.82. The first-order chi connectivity index (χ1) is 28.6. The van der Waals surface area contributed by atoms with Crippen molar-refractivity contribution < 1.29 is 0 Å². The highest BCUT2D eigenvalue weighted by atomic mass is 28.3. The minimum Gasteiger partial charge on any atom is -0.309 e. The first kappa shape index (κ1) is 33.9. The van der Waals surface area contributed by atoms with Gasteiger partial charge in [0.25, 0.3) is 0 Å². The molecule has 0 N–H and O–H groups in total. The minimum atomic E-state index is -2.31. The van der Waals surface area contributed by atoms with E-state index in [9.17, 15) is 0 Å². The van der Waals surface area contributed by atoms with E-state index in [-0.39, 0.29) is 0 Å². The SMILES string of the molecule is C[Si](c1ccccc1)(c1ccccc1)c1cccc(-c2ccnc(-n3c4ccccc4c4cc(-c5ccc6c(c5)c5ccccc5n6-c5ccccc5)ccc43)n2)c1. The number of benzene rings is 8. The highest BCUT2D eigenvalue weighted by Crippen LogP contribution is 2.38. The van der Waals surface area contributed by atoms with Gasteiger partial charge in [0.2, 0.25) is 5.95 Å². The Morgan fingerprint density at radius 3 is 1.50 bits per heavy atom. The Labute approximate surface area is 338 Å². The van der Waals surface area contributed by atoms with E-state index in [1.54, 1.807) is 0 Å². The van der Waals surface area contributed by atoms with Gasteiger partial charge in [-0.15, -0.1) is 0 Å². The summed E-state index contributed by atoms with van der Waals surface area (Å²) >= 11 is 0. The zero-order chi connectivity index (χ0) is 38.6. The third-order valence-corrected chi connectivity index (χ3v) is 16.4. The molecule has 0 radical (unpaired) electrons. The van der Waals surface area contributed by atoms with E-state index in [0.29, 0.717) is 5.95 Å². The van der Waals surface area contributed by atoms with Crippen molar-refractivity contribution in [2.75, 3.05) is 0 Å². The first-order valence-electron chi connectivity index (χ1n) is 19.8. The van der Waals surface area contributed by atoms with Crippen LogP contribution in [0.25, 0.3) is 77.6 Å². The molecule has 3 aromatic heterocycles. The lowest BCUT2D eigenvalue weighted by molar-refractivity contribution is 0.992. The van der Waals surface area contributed by atoms with Crippen LogP contribution >= 0.6 is 0 Å². The molecule has 4 nitrogen and oxygen atoms in total. The molecule has 0 unspecified atom stereocenters. The summed E-state index contributed by atoms with van der Waals surface area (Å²) in [5.41, 5.74) is 10.1. The van der Waals surface area contributed by atoms with Crippen LogP contribution in [0.5, 0.6) is 0 Å². The Hall–Kier alpha value is -7.34. The monoisotopic (exact) mass is 758 g/mol. The van der Waals surface area contributed by atoms with E-state index >= 15 is 0 Å². The second-order valence-electron chi connectivity index (χ2n) is 15.2. The number of rotatable bonds is 7. The van der Waals surface area contributed by atoms with E-state index in [1.165, 1.54) is 59.3 Å². The van der Waals surface area contributed by atoms with Crippen molar-refractivity contribution in [3.63, 3.8) is 0 Å². The second-order valence-corrected chi connectivity index (χ2v) is 19.2. The predicted octanol–water partition coefficient (Wildman–Crippen LogP) is 11.1. The van der Waals surface area contributed by atoms with E-state index in [1.807, 2.05) is 12.3 Å². The fraction of sp³-hybridized carbons (Fsp3) is 0.0189. The van der Waals surface area contributed by atoms with Gasteiger partial charge in [-0.25, -0.2) is 9.97 Å². The third kappa shape index (κ3) is 5.43. The maximum absolute atomic E-state index is 5.29. The number of para-hydroxylation sites is 3. The van der Waals surface area contributed by atoms with Crippen molar-refractivity contribution in [3.05, 3.63) is 212 Å². The van der Waals surface area contributed by atoms with Crippen LogP contribution in [0.15, 0.2) is 212 Å². The molecule has 8 aromatic carbocycles. The summed E-state index contributed by atoms with van der Waals surface area (Å²) in [6.45, 7) is 2.45. The zero-order valence-corrected chi connectivity index (χ0v) is 33.0. The lowest BCUT2D eigenvalue weighted by Crippen LogP contribution is -2.64. The van der Waals surface area contributed by atoms with Crippen molar-refractivity contribution >= 4 is 67.2 Å². The van der Waals surface area contributed by atoms with Crippen LogP contribution in [0.4, 0.5) is 0 Å². The van der Waals surface area contributed by atoms with Gasteiger partial charge in [0.15, 0.2) is 0 Å². The number of aromatic nitrogens is 4. The molecule has 274 valence electrons. The lowest BCUT2D eigenvalue weighted by Gasteiger charge is -2.30. The van der Waals surface area contributed by atoms with E-state index in [0.717, 1.165) is 28.0 Å². The highest BCUT2D eigenvalue weighted by Gasteiger charge is 2.34. The topological polar surface area (TPSA) is 35.6 Å². The molecule has 0 aliphatic carbocycles. The fourth-order valence-corrected chi connectivity index (χ4v) is 12.6. The summed E-state index contributed by atoms with van der Waals surface area (Å²) < 4.78 is 4.58. The van der Waals surface area contributed by atoms with Gasteiger partial charge in [0.05, 0.1) is 27.8 Å². The molecular weight excluding hydrogens is 721 g/mol. The molecule has 3 heterocycles. The van der Waals surface area contributed by atoms with Gasteiger partial charge in [-0.05, 0) is 81.3 Å². The molecule has 11 aromatic rings. The van der Waals surface area contributed by atoms with Crippen LogP contribution in [0.2, 0.25) is 6.55 Å². The van der Waals surface area contributed by atoms with Crippen LogP contribution in [0.1, 0.15) is 0 Å². The van der Waals surface area contributed by atoms with Gasteiger partial charge < -0.3 is 4.57 Å². The molecule has 0 amide bonds. The summed E-state index contributed by atoms with van der Waals surface area (Å²) in [7, 11) is -2.31. The van der Waals surface area contributed by atoms with Crippen LogP contribution in [0.3, 0.4) is 0 Å². The maximum atomic E-state index is 5.29. The molecule has 0 fully saturated rings. The summed E-state index contributed by atoms with van der Waals surface area (Å²) in [6.07, 6.45) is 1.89. The summed E-state index contributed by atoms with van der Waals surface area (Å²) in [5.74, 6) is 0.656. The van der Waals surface area contributed by atoms with Crippen LogP contribution in [0, 0.1) is 0 Å². The Morgan fingerprint density at radius 2 is 0.879 bits per heavy atom. The largest absolute Gasteiger partial charge is 0.309 e. The Bertz CT molecular complexity index is 3260. The van der Waals surface area contributed by atoms with Gasteiger partial charge in [-0.3, -0.25) is 4.57 Å². The van der Waals surface area contributed by atoms with Gasteiger partial charge in [0, 0.05) is 39.0 Å². The molecule has 0 spiro atoms. The standard InChI is InChI=1S/C53H38N4Si/c1-58(41-19-7-3-8-20-41,42-21-9-4-10-22-42)43-23-15-16-39(34-43)48-32-33-54-53(55-48)57-50-27-14-12-25-45(50)47-36-38(29-31-52(47)57)37-28-30-51-46(35-37)44-24-11-13-26-49(44)56(51)40-17-5-2-6-18-40/h2-36H,1H3. The molecular formula is C53H38N4Si. The minimum absolute atomic E-state index is 0.656. The van der Waals surface area contributed by atoms with Crippen molar-refractivity contribution in [1.82, 2.24) is 19.1 Å². The molecule has 0 bridgehead atoms. The Morgan fingerprint density at radius 1 is 0.379 bits per heavy atom. The third-order valence-electron chi connectivity index (χ3n) is 12.0. The molecule has 58 heavy (non-hydrogen) atoms. The van der Waals surface area contributed by atoms with E-state index in [2.05, 4.69) is 216 Å². The smallest absolute Gasteiger partial charge is 0.235 e. The Kier molecular flexibility index (Phi) is 8.02. The number of fused-ring (bicyclic) bond motifs is 6. The van der Waals surface area contributed by atoms with Gasteiger partial charge in [-0.1, -0.05) is 158 Å². The summed E-state index contributed by atoms with van der Waals surface area (Å²) in [4.78, 5) is 10.2. The number of nitrogens with zero attached hydrogens (tertiary/aromatic N) is 4.